The lowest BCUT2D eigenvalue weighted by atomic mass is 10.1. The summed E-state index contributed by atoms with van der Waals surface area (Å²) in [5, 5.41) is 2.86. The fraction of sp³-hybridized carbons (Fsp3) is 0.634. The van der Waals surface area contributed by atoms with Crippen molar-refractivity contribution in [2.45, 2.75) is 6.18 Å². The van der Waals surface area contributed by atoms with Crippen LogP contribution in [-0.2, 0) is 67.8 Å². The number of benzene rings is 2. The topological polar surface area (TPSA) is 149 Å². The molecule has 0 radical (unpaired) electrons. The molecule has 0 aromatic heterocycles. The van der Waals surface area contributed by atoms with Gasteiger partial charge in [0.05, 0.1) is 175 Å². The molecule has 0 heterocycles. The molecule has 0 atom stereocenters. The molecule has 59 heavy (non-hydrogen) atoms. The third-order valence-corrected chi connectivity index (χ3v) is 7.40. The van der Waals surface area contributed by atoms with Crippen LogP contribution in [0.2, 0.25) is 0 Å². The lowest BCUT2D eigenvalue weighted by molar-refractivity contribution is -0.137. The minimum atomic E-state index is -4.48. The molecule has 0 saturated carbocycles. The Labute approximate surface area is 345 Å². The third kappa shape index (κ3) is 29.6. The molecule has 336 valence electrons. The lowest BCUT2D eigenvalue weighted by Crippen LogP contribution is -2.16. The summed E-state index contributed by atoms with van der Waals surface area (Å²) in [6.45, 7) is 14.3. The van der Waals surface area contributed by atoms with E-state index in [1.807, 2.05) is 0 Å². The monoisotopic (exact) mass is 849 g/mol. The van der Waals surface area contributed by atoms with Gasteiger partial charge in [-0.15, -0.1) is 6.58 Å². The van der Waals surface area contributed by atoms with Crippen LogP contribution in [0.15, 0.2) is 61.2 Å². The van der Waals surface area contributed by atoms with Crippen molar-refractivity contribution in [2.75, 3.05) is 170 Å². The highest BCUT2D eigenvalue weighted by molar-refractivity contribution is 5.96. The molecule has 0 spiro atoms. The summed E-state index contributed by atoms with van der Waals surface area (Å²) < 4.78 is 110. The van der Waals surface area contributed by atoms with Gasteiger partial charge in [0.1, 0.15) is 6.61 Å². The molecule has 0 saturated heterocycles. The van der Waals surface area contributed by atoms with E-state index in [1.165, 1.54) is 18.2 Å². The zero-order chi connectivity index (χ0) is 42.3. The van der Waals surface area contributed by atoms with Crippen LogP contribution in [0.1, 0.15) is 15.9 Å². The van der Waals surface area contributed by atoms with E-state index in [0.29, 0.717) is 158 Å². The fourth-order valence-corrected chi connectivity index (χ4v) is 4.56. The summed E-state index contributed by atoms with van der Waals surface area (Å²) in [6, 6.07) is 11.1. The molecule has 0 aliphatic heterocycles. The van der Waals surface area contributed by atoms with Crippen LogP contribution in [-0.4, -0.2) is 171 Å². The number of carbonyl (C=O) groups is 1. The molecule has 18 heteroatoms. The number of halogens is 3. The largest absolute Gasteiger partial charge is 0.460 e. The van der Waals surface area contributed by atoms with E-state index in [-0.39, 0.29) is 24.5 Å². The van der Waals surface area contributed by atoms with Crippen LogP contribution in [0.3, 0.4) is 0 Å². The molecular weight excluding hydrogens is 787 g/mol. The molecule has 1 N–H and O–H groups in total. The van der Waals surface area contributed by atoms with Gasteiger partial charge in [0.15, 0.2) is 0 Å². The first kappa shape index (κ1) is 51.9. The Morgan fingerprint density at radius 3 is 1.22 bits per heavy atom. The highest BCUT2D eigenvalue weighted by Crippen LogP contribution is 2.32. The summed E-state index contributed by atoms with van der Waals surface area (Å²) in [6.07, 6.45) is -2.78. The summed E-state index contributed by atoms with van der Waals surface area (Å²) in [5.41, 5.74) is -0.0992. The van der Waals surface area contributed by atoms with Crippen molar-refractivity contribution in [1.29, 1.82) is 0 Å². The second kappa shape index (κ2) is 36.6. The first-order valence-corrected chi connectivity index (χ1v) is 19.7. The van der Waals surface area contributed by atoms with Gasteiger partial charge in [-0.25, -0.2) is 4.79 Å². The molecule has 2 aromatic rings. The van der Waals surface area contributed by atoms with E-state index in [1.54, 1.807) is 24.3 Å². The predicted molar refractivity (Wildman–Crippen MR) is 211 cm³/mol. The van der Waals surface area contributed by atoms with Crippen molar-refractivity contribution >= 4 is 17.3 Å². The molecule has 0 aliphatic carbocycles. The van der Waals surface area contributed by atoms with Gasteiger partial charge in [-0.05, 0) is 30.3 Å². The minimum Gasteiger partial charge on any atom is -0.460 e. The molecule has 0 amide bonds. The second-order valence-corrected chi connectivity index (χ2v) is 12.0. The number of carbonyl (C=O) groups excluding carboxylic acids is 1. The first-order chi connectivity index (χ1) is 28.9. The first-order valence-electron chi connectivity index (χ1n) is 19.7. The second-order valence-electron chi connectivity index (χ2n) is 12.0. The SMILES string of the molecule is C=CCOCCOCCOCCOCCOCCOCCOCCOCCOCCOCCOCCOCCOC(=O)c1ccccc1Nc1cccc(C(F)(F)F)c1. The van der Waals surface area contributed by atoms with E-state index in [9.17, 15) is 18.0 Å². The van der Waals surface area contributed by atoms with Crippen molar-refractivity contribution in [3.05, 3.63) is 72.3 Å². The molecule has 2 rings (SSSR count). The fourth-order valence-electron chi connectivity index (χ4n) is 4.56. The quantitative estimate of drug-likeness (QED) is 0.0544. The van der Waals surface area contributed by atoms with Crippen molar-refractivity contribution in [1.82, 2.24) is 0 Å². The van der Waals surface area contributed by atoms with Crippen LogP contribution in [0, 0.1) is 0 Å². The van der Waals surface area contributed by atoms with Gasteiger partial charge in [-0.2, -0.15) is 13.2 Å². The van der Waals surface area contributed by atoms with Crippen LogP contribution in [0.4, 0.5) is 24.5 Å². The van der Waals surface area contributed by atoms with E-state index in [2.05, 4.69) is 11.9 Å². The molecule has 0 bridgehead atoms. The van der Waals surface area contributed by atoms with Gasteiger partial charge in [0.25, 0.3) is 0 Å². The standard InChI is InChI=1S/C41H62F3NO14/c1-2-10-47-11-12-48-13-14-49-15-16-50-17-18-51-19-20-52-21-22-53-23-24-54-25-26-55-27-28-56-29-30-57-31-32-58-33-34-59-40(46)38-8-3-4-9-39(38)45-37-7-5-6-36(35-37)41(42,43)44/h2-9,35,45H,1,10-34H2. The van der Waals surface area contributed by atoms with Crippen molar-refractivity contribution in [3.8, 4) is 0 Å². The summed E-state index contributed by atoms with van der Waals surface area (Å²) in [7, 11) is 0. The molecule has 15 nitrogen and oxygen atoms in total. The van der Waals surface area contributed by atoms with Crippen LogP contribution >= 0.6 is 0 Å². The Morgan fingerprint density at radius 1 is 0.492 bits per heavy atom. The number of nitrogens with one attached hydrogen (secondary N) is 1. The number of rotatable bonds is 41. The lowest BCUT2D eigenvalue weighted by Gasteiger charge is -2.13. The summed E-state index contributed by atoms with van der Waals surface area (Å²) in [5.74, 6) is -0.631. The van der Waals surface area contributed by atoms with E-state index >= 15 is 0 Å². The maximum atomic E-state index is 13.1. The van der Waals surface area contributed by atoms with E-state index in [4.69, 9.17) is 61.6 Å². The normalized spacial score (nSPS) is 11.6. The van der Waals surface area contributed by atoms with Crippen LogP contribution < -0.4 is 5.32 Å². The van der Waals surface area contributed by atoms with E-state index in [0.717, 1.165) is 12.1 Å². The van der Waals surface area contributed by atoms with Crippen molar-refractivity contribution < 1.29 is 79.5 Å². The highest BCUT2D eigenvalue weighted by Gasteiger charge is 2.30. The Morgan fingerprint density at radius 2 is 0.847 bits per heavy atom. The van der Waals surface area contributed by atoms with Gasteiger partial charge < -0.3 is 66.9 Å². The average molecular weight is 850 g/mol. The van der Waals surface area contributed by atoms with Crippen LogP contribution in [0.25, 0.3) is 0 Å². The Bertz CT molecular complexity index is 1310. The predicted octanol–water partition coefficient (Wildman–Crippen LogP) is 4.99. The maximum Gasteiger partial charge on any atom is 0.416 e. The van der Waals surface area contributed by atoms with Gasteiger partial charge >= 0.3 is 12.1 Å². The number of alkyl halides is 3. The zero-order valence-electron chi connectivity index (χ0n) is 33.9. The number of hydrogen-bond acceptors (Lipinski definition) is 15. The minimum absolute atomic E-state index is 0.00513. The number of ether oxygens (including phenoxy) is 13. The molecule has 2 aromatic carbocycles. The number of esters is 1. The number of para-hydroxylation sites is 1. The molecule has 0 aliphatic rings. The molecule has 0 unspecified atom stereocenters. The number of hydrogen-bond donors (Lipinski definition) is 1. The van der Waals surface area contributed by atoms with Gasteiger partial charge in [0.2, 0.25) is 0 Å². The highest BCUT2D eigenvalue weighted by atomic mass is 19.4. The summed E-state index contributed by atoms with van der Waals surface area (Å²) in [4.78, 5) is 12.6. The molecule has 0 fully saturated rings. The smallest absolute Gasteiger partial charge is 0.416 e. The summed E-state index contributed by atoms with van der Waals surface area (Å²) >= 11 is 0. The van der Waals surface area contributed by atoms with Crippen LogP contribution in [0.5, 0.6) is 0 Å². The maximum absolute atomic E-state index is 13.1. The molecular formula is C41H62F3NO14. The van der Waals surface area contributed by atoms with Gasteiger partial charge in [-0.3, -0.25) is 0 Å². The Kier molecular flexibility index (Phi) is 32.2. The third-order valence-electron chi connectivity index (χ3n) is 7.40. The van der Waals surface area contributed by atoms with Crippen molar-refractivity contribution in [3.63, 3.8) is 0 Å². The van der Waals surface area contributed by atoms with E-state index < -0.39 is 17.7 Å². The van der Waals surface area contributed by atoms with Crippen molar-refractivity contribution in [2.24, 2.45) is 0 Å². The van der Waals surface area contributed by atoms with Gasteiger partial charge in [-0.1, -0.05) is 24.3 Å². The Balaban J connectivity index is 1.25. The van der Waals surface area contributed by atoms with Gasteiger partial charge in [0, 0.05) is 5.69 Å². The number of anilines is 2. The zero-order valence-corrected chi connectivity index (χ0v) is 33.9. The Hall–Kier alpha value is -3.24. The average Bonchev–Trinajstić information content (AvgIpc) is 3.23.